The Morgan fingerprint density at radius 1 is 1.35 bits per heavy atom. The van der Waals surface area contributed by atoms with Crippen LogP contribution in [0.1, 0.15) is 44.9 Å². The van der Waals surface area contributed by atoms with Gasteiger partial charge in [-0.05, 0) is 11.0 Å². The number of carbonyl (C=O) groups is 1. The molecule has 0 aliphatic heterocycles. The van der Waals surface area contributed by atoms with Crippen LogP contribution in [0.4, 0.5) is 0 Å². The highest BCUT2D eigenvalue weighted by Crippen LogP contribution is 2.30. The fourth-order valence-electron chi connectivity index (χ4n) is 1.73. The van der Waals surface area contributed by atoms with Crippen LogP contribution in [0.2, 0.25) is 0 Å². The van der Waals surface area contributed by atoms with E-state index in [2.05, 4.69) is 20.8 Å². The summed E-state index contributed by atoms with van der Waals surface area (Å²) in [6.45, 7) is 7.50. The third kappa shape index (κ3) is 3.32. The minimum atomic E-state index is -0.831. The molecule has 0 aliphatic carbocycles. The summed E-state index contributed by atoms with van der Waals surface area (Å²) in [6.07, 6.45) is -0.831. The van der Waals surface area contributed by atoms with E-state index in [9.17, 15) is 4.79 Å². The number of esters is 1. The molecule has 3 heteroatoms. The van der Waals surface area contributed by atoms with Crippen molar-refractivity contribution in [2.45, 2.75) is 39.2 Å². The molecule has 0 radical (unpaired) electrons. The van der Waals surface area contributed by atoms with Gasteiger partial charge < -0.3 is 4.74 Å². The van der Waals surface area contributed by atoms with E-state index in [0.717, 1.165) is 11.1 Å². The van der Waals surface area contributed by atoms with Gasteiger partial charge in [-0.15, -0.1) is 0 Å². The van der Waals surface area contributed by atoms with Gasteiger partial charge in [-0.1, -0.05) is 45.0 Å². The SMILES string of the molecule is CC(=O)O[C@@H](C#N)c1ccccc1C(C)(C)C. The van der Waals surface area contributed by atoms with Crippen molar-refractivity contribution in [3.05, 3.63) is 35.4 Å². The zero-order chi connectivity index (χ0) is 13.1. The normalized spacial score (nSPS) is 12.6. The van der Waals surface area contributed by atoms with Gasteiger partial charge in [0.15, 0.2) is 0 Å². The molecule has 3 nitrogen and oxygen atoms in total. The molecule has 0 amide bonds. The Kier molecular flexibility index (Phi) is 3.90. The first-order valence-corrected chi connectivity index (χ1v) is 5.52. The number of carbonyl (C=O) groups excluding carboxylic acids is 1. The van der Waals surface area contributed by atoms with Crippen molar-refractivity contribution < 1.29 is 9.53 Å². The zero-order valence-electron chi connectivity index (χ0n) is 10.7. The first-order valence-electron chi connectivity index (χ1n) is 5.52. The third-order valence-corrected chi connectivity index (χ3v) is 2.45. The van der Waals surface area contributed by atoms with E-state index in [1.165, 1.54) is 6.92 Å². The summed E-state index contributed by atoms with van der Waals surface area (Å²) in [6, 6.07) is 9.58. The van der Waals surface area contributed by atoms with Crippen LogP contribution in [0.25, 0.3) is 0 Å². The average molecular weight is 231 g/mol. The van der Waals surface area contributed by atoms with Gasteiger partial charge in [-0.2, -0.15) is 5.26 Å². The quantitative estimate of drug-likeness (QED) is 0.735. The van der Waals surface area contributed by atoms with E-state index < -0.39 is 12.1 Å². The average Bonchev–Trinajstić information content (AvgIpc) is 2.24. The minimum absolute atomic E-state index is 0.0914. The Hall–Kier alpha value is -1.82. The number of hydrogen-bond donors (Lipinski definition) is 0. The van der Waals surface area contributed by atoms with Crippen molar-refractivity contribution in [2.75, 3.05) is 0 Å². The Morgan fingerprint density at radius 3 is 2.41 bits per heavy atom. The minimum Gasteiger partial charge on any atom is -0.442 e. The summed E-state index contributed by atoms with van der Waals surface area (Å²) < 4.78 is 5.02. The Morgan fingerprint density at radius 2 is 1.94 bits per heavy atom. The standard InChI is InChI=1S/C14H17NO2/c1-10(16)17-13(9-15)11-7-5-6-8-12(11)14(2,3)4/h5-8,13H,1-4H3/t13-/m0/s1. The van der Waals surface area contributed by atoms with Gasteiger partial charge in [0, 0.05) is 12.5 Å². The molecule has 0 aliphatic rings. The van der Waals surface area contributed by atoms with E-state index in [-0.39, 0.29) is 5.41 Å². The molecule has 0 aromatic heterocycles. The van der Waals surface area contributed by atoms with Crippen LogP contribution >= 0.6 is 0 Å². The van der Waals surface area contributed by atoms with Crippen molar-refractivity contribution >= 4 is 5.97 Å². The van der Waals surface area contributed by atoms with Gasteiger partial charge in [0.25, 0.3) is 0 Å². The van der Waals surface area contributed by atoms with Crippen LogP contribution in [0.5, 0.6) is 0 Å². The van der Waals surface area contributed by atoms with Gasteiger partial charge in [-0.3, -0.25) is 4.79 Å². The Balaban J connectivity index is 3.21. The van der Waals surface area contributed by atoms with Crippen LogP contribution < -0.4 is 0 Å². The van der Waals surface area contributed by atoms with E-state index >= 15 is 0 Å². The summed E-state index contributed by atoms with van der Waals surface area (Å²) in [4.78, 5) is 11.0. The van der Waals surface area contributed by atoms with Crippen molar-refractivity contribution in [3.63, 3.8) is 0 Å². The lowest BCUT2D eigenvalue weighted by molar-refractivity contribution is -0.144. The summed E-state index contributed by atoms with van der Waals surface area (Å²) >= 11 is 0. The molecule has 0 saturated heterocycles. The lowest BCUT2D eigenvalue weighted by atomic mass is 9.82. The molecule has 0 N–H and O–H groups in total. The number of nitrogens with zero attached hydrogens (tertiary/aromatic N) is 1. The molecule has 0 fully saturated rings. The molecule has 0 heterocycles. The Bertz CT molecular complexity index is 452. The smallest absolute Gasteiger partial charge is 0.304 e. The number of ether oxygens (including phenoxy) is 1. The molecule has 0 saturated carbocycles. The first kappa shape index (κ1) is 13.2. The molecule has 0 spiro atoms. The number of benzene rings is 1. The highest BCUT2D eigenvalue weighted by molar-refractivity contribution is 5.66. The predicted molar refractivity (Wildman–Crippen MR) is 65.3 cm³/mol. The molecule has 0 bridgehead atoms. The summed E-state index contributed by atoms with van der Waals surface area (Å²) in [7, 11) is 0. The molecule has 0 unspecified atom stereocenters. The third-order valence-electron chi connectivity index (χ3n) is 2.45. The van der Waals surface area contributed by atoms with Crippen LogP contribution in [0, 0.1) is 11.3 Å². The molecular formula is C14H17NO2. The lowest BCUT2D eigenvalue weighted by Crippen LogP contribution is -2.17. The second-order valence-corrected chi connectivity index (χ2v) is 4.96. The largest absolute Gasteiger partial charge is 0.442 e. The fourth-order valence-corrected chi connectivity index (χ4v) is 1.73. The highest BCUT2D eigenvalue weighted by Gasteiger charge is 2.23. The fraction of sp³-hybridized carbons (Fsp3) is 0.429. The second kappa shape index (κ2) is 5.01. The van der Waals surface area contributed by atoms with Gasteiger partial charge in [-0.25, -0.2) is 0 Å². The summed E-state index contributed by atoms with van der Waals surface area (Å²) in [5.74, 6) is -0.444. The van der Waals surface area contributed by atoms with Gasteiger partial charge in [0.2, 0.25) is 6.10 Å². The first-order chi connectivity index (χ1) is 7.86. The maximum absolute atomic E-state index is 11.0. The molecule has 90 valence electrons. The van der Waals surface area contributed by atoms with Crippen molar-refractivity contribution in [1.82, 2.24) is 0 Å². The number of rotatable bonds is 2. The highest BCUT2D eigenvalue weighted by atomic mass is 16.5. The van der Waals surface area contributed by atoms with Crippen LogP contribution in [0.3, 0.4) is 0 Å². The van der Waals surface area contributed by atoms with E-state index in [1.807, 2.05) is 30.3 Å². The van der Waals surface area contributed by atoms with Crippen molar-refractivity contribution in [2.24, 2.45) is 0 Å². The topological polar surface area (TPSA) is 50.1 Å². The van der Waals surface area contributed by atoms with Crippen LogP contribution in [0.15, 0.2) is 24.3 Å². The van der Waals surface area contributed by atoms with Crippen LogP contribution in [-0.4, -0.2) is 5.97 Å². The maximum atomic E-state index is 11.0. The van der Waals surface area contributed by atoms with Gasteiger partial charge >= 0.3 is 5.97 Å². The number of nitriles is 1. The molecule has 1 aromatic carbocycles. The Labute approximate surface area is 102 Å². The molecule has 1 rings (SSSR count). The van der Waals surface area contributed by atoms with E-state index in [4.69, 9.17) is 10.00 Å². The van der Waals surface area contributed by atoms with Gasteiger partial charge in [0.1, 0.15) is 6.07 Å². The second-order valence-electron chi connectivity index (χ2n) is 4.96. The van der Waals surface area contributed by atoms with Crippen LogP contribution in [-0.2, 0) is 14.9 Å². The molecule has 1 aromatic rings. The zero-order valence-corrected chi connectivity index (χ0v) is 10.7. The molecule has 1 atom stereocenters. The molecule has 17 heavy (non-hydrogen) atoms. The summed E-state index contributed by atoms with van der Waals surface area (Å²) in [5, 5.41) is 9.09. The monoisotopic (exact) mass is 231 g/mol. The van der Waals surface area contributed by atoms with Crippen molar-refractivity contribution in [3.8, 4) is 6.07 Å². The van der Waals surface area contributed by atoms with Gasteiger partial charge in [0.05, 0.1) is 0 Å². The van der Waals surface area contributed by atoms with E-state index in [0.29, 0.717) is 0 Å². The van der Waals surface area contributed by atoms with Crippen molar-refractivity contribution in [1.29, 1.82) is 5.26 Å². The lowest BCUT2D eigenvalue weighted by Gasteiger charge is -2.24. The summed E-state index contributed by atoms with van der Waals surface area (Å²) in [5.41, 5.74) is 1.69. The number of hydrogen-bond acceptors (Lipinski definition) is 3. The maximum Gasteiger partial charge on any atom is 0.304 e. The molecular weight excluding hydrogens is 214 g/mol. The predicted octanol–water partition coefficient (Wildman–Crippen LogP) is 3.11. The van der Waals surface area contributed by atoms with E-state index in [1.54, 1.807) is 0 Å².